The molecule has 7 nitrogen and oxygen atoms in total. The van der Waals surface area contributed by atoms with E-state index in [9.17, 15) is 9.18 Å². The number of benzene rings is 1. The summed E-state index contributed by atoms with van der Waals surface area (Å²) in [5.41, 5.74) is 0. The highest BCUT2D eigenvalue weighted by molar-refractivity contribution is 5.74. The van der Waals surface area contributed by atoms with Gasteiger partial charge in [-0.05, 0) is 43.5 Å². The van der Waals surface area contributed by atoms with Gasteiger partial charge in [0.15, 0.2) is 12.4 Å². The molecule has 0 bridgehead atoms. The Hall–Kier alpha value is -2.64. The van der Waals surface area contributed by atoms with Gasteiger partial charge >= 0.3 is 6.03 Å². The Labute approximate surface area is 145 Å². The molecule has 0 spiro atoms. The Morgan fingerprint density at radius 2 is 2.24 bits per heavy atom. The lowest BCUT2D eigenvalue weighted by Gasteiger charge is -2.22. The Morgan fingerprint density at radius 1 is 1.44 bits per heavy atom. The van der Waals surface area contributed by atoms with Crippen LogP contribution >= 0.6 is 0 Å². The molecule has 134 valence electrons. The molecule has 0 aliphatic carbocycles. The smallest absolute Gasteiger partial charge is 0.318 e. The molecule has 1 unspecified atom stereocenters. The predicted molar refractivity (Wildman–Crippen MR) is 87.4 cm³/mol. The first kappa shape index (κ1) is 17.2. The number of hydrogen-bond donors (Lipinski definition) is 1. The van der Waals surface area contributed by atoms with E-state index in [1.54, 1.807) is 4.90 Å². The molecule has 2 amide bonds. The van der Waals surface area contributed by atoms with Gasteiger partial charge in [-0.2, -0.15) is 4.98 Å². The molecule has 1 aromatic carbocycles. The predicted octanol–water partition coefficient (Wildman–Crippen LogP) is 3.04. The number of amides is 2. The molecule has 25 heavy (non-hydrogen) atoms. The molecule has 2 aromatic rings. The minimum absolute atomic E-state index is 0.0907. The van der Waals surface area contributed by atoms with Crippen LogP contribution in [0, 0.1) is 5.82 Å². The molecule has 1 saturated heterocycles. The fraction of sp³-hybridized carbons (Fsp3) is 0.471. The van der Waals surface area contributed by atoms with Gasteiger partial charge in [0.05, 0.1) is 6.04 Å². The molecule has 1 atom stereocenters. The lowest BCUT2D eigenvalue weighted by molar-refractivity contribution is 0.190. The van der Waals surface area contributed by atoms with Crippen molar-refractivity contribution >= 4 is 6.03 Å². The lowest BCUT2D eigenvalue weighted by atomic mass is 10.2. The molecule has 1 aliphatic rings. The maximum Gasteiger partial charge on any atom is 0.318 e. The van der Waals surface area contributed by atoms with Crippen molar-refractivity contribution in [1.29, 1.82) is 0 Å². The zero-order valence-electron chi connectivity index (χ0n) is 14.1. The monoisotopic (exact) mass is 348 g/mol. The number of hydrogen-bond acceptors (Lipinski definition) is 5. The number of nitrogens with zero attached hydrogens (tertiary/aromatic N) is 3. The van der Waals surface area contributed by atoms with E-state index >= 15 is 0 Å². The third-order valence-corrected chi connectivity index (χ3v) is 4.00. The number of aromatic nitrogens is 2. The Morgan fingerprint density at radius 3 is 3.00 bits per heavy atom. The van der Waals surface area contributed by atoms with Gasteiger partial charge in [0, 0.05) is 13.1 Å². The summed E-state index contributed by atoms with van der Waals surface area (Å²) in [6.45, 7) is 3.42. The topological polar surface area (TPSA) is 80.5 Å². The third-order valence-electron chi connectivity index (χ3n) is 4.00. The third kappa shape index (κ3) is 4.26. The van der Waals surface area contributed by atoms with Crippen molar-refractivity contribution in [2.24, 2.45) is 0 Å². The number of ether oxygens (including phenoxy) is 1. The molecule has 3 rings (SSSR count). The van der Waals surface area contributed by atoms with E-state index in [4.69, 9.17) is 9.26 Å². The summed E-state index contributed by atoms with van der Waals surface area (Å²) >= 11 is 0. The van der Waals surface area contributed by atoms with Crippen molar-refractivity contribution in [2.75, 3.05) is 13.1 Å². The highest BCUT2D eigenvalue weighted by Gasteiger charge is 2.33. The summed E-state index contributed by atoms with van der Waals surface area (Å²) < 4.78 is 23.6. The van der Waals surface area contributed by atoms with E-state index in [1.165, 1.54) is 24.3 Å². The van der Waals surface area contributed by atoms with Crippen molar-refractivity contribution < 1.29 is 18.4 Å². The minimum Gasteiger partial charge on any atom is -0.484 e. The molecular weight excluding hydrogens is 327 g/mol. The van der Waals surface area contributed by atoms with E-state index in [0.29, 0.717) is 30.6 Å². The number of rotatable bonds is 6. The van der Waals surface area contributed by atoms with Gasteiger partial charge in [0.25, 0.3) is 5.89 Å². The average Bonchev–Trinajstić information content (AvgIpc) is 3.28. The summed E-state index contributed by atoms with van der Waals surface area (Å²) in [6.07, 6.45) is 2.59. The number of nitrogens with one attached hydrogen (secondary N) is 1. The van der Waals surface area contributed by atoms with Crippen molar-refractivity contribution in [3.63, 3.8) is 0 Å². The largest absolute Gasteiger partial charge is 0.484 e. The Bertz CT molecular complexity index is 704. The van der Waals surface area contributed by atoms with Crippen LogP contribution in [0.3, 0.4) is 0 Å². The van der Waals surface area contributed by atoms with Gasteiger partial charge in [0.2, 0.25) is 0 Å². The van der Waals surface area contributed by atoms with Crippen LogP contribution in [-0.2, 0) is 6.61 Å². The highest BCUT2D eigenvalue weighted by atomic mass is 19.1. The number of carbonyl (C=O) groups is 1. The summed E-state index contributed by atoms with van der Waals surface area (Å²) in [5, 5.41) is 6.87. The number of carbonyl (C=O) groups excluding carboxylic acids is 1. The fourth-order valence-electron chi connectivity index (χ4n) is 2.75. The molecule has 8 heteroatoms. The van der Waals surface area contributed by atoms with Gasteiger partial charge in [-0.25, -0.2) is 9.18 Å². The average molecular weight is 348 g/mol. The first-order valence-corrected chi connectivity index (χ1v) is 8.42. The highest BCUT2D eigenvalue weighted by Crippen LogP contribution is 2.30. The van der Waals surface area contributed by atoms with Crippen molar-refractivity contribution in [1.82, 2.24) is 20.4 Å². The zero-order valence-corrected chi connectivity index (χ0v) is 14.1. The quantitative estimate of drug-likeness (QED) is 0.868. The molecule has 1 N–H and O–H groups in total. The molecule has 0 saturated carbocycles. The van der Waals surface area contributed by atoms with E-state index in [1.807, 2.05) is 6.92 Å². The minimum atomic E-state index is -0.324. The van der Waals surface area contributed by atoms with Gasteiger partial charge in [0.1, 0.15) is 11.6 Å². The normalized spacial score (nSPS) is 16.9. The SMILES string of the molecule is CCCNC(=O)N1CCCC1c1noc(COc2ccc(F)cc2)n1. The maximum absolute atomic E-state index is 12.9. The first-order chi connectivity index (χ1) is 12.2. The number of likely N-dealkylation sites (tertiary alicyclic amines) is 1. The fourth-order valence-corrected chi connectivity index (χ4v) is 2.75. The van der Waals surface area contributed by atoms with Crippen LogP contribution in [0.5, 0.6) is 5.75 Å². The van der Waals surface area contributed by atoms with E-state index < -0.39 is 0 Å². The van der Waals surface area contributed by atoms with E-state index in [-0.39, 0.29) is 24.5 Å². The van der Waals surface area contributed by atoms with Crippen LogP contribution in [0.15, 0.2) is 28.8 Å². The first-order valence-electron chi connectivity index (χ1n) is 8.42. The molecule has 1 aromatic heterocycles. The second-order valence-corrected chi connectivity index (χ2v) is 5.87. The summed E-state index contributed by atoms with van der Waals surface area (Å²) in [5.74, 6) is 1.000. The summed E-state index contributed by atoms with van der Waals surface area (Å²) in [7, 11) is 0. The van der Waals surface area contributed by atoms with Crippen LogP contribution < -0.4 is 10.1 Å². The Balaban J connectivity index is 1.60. The van der Waals surface area contributed by atoms with Gasteiger partial charge in [-0.15, -0.1) is 0 Å². The standard InChI is InChI=1S/C17H21FN4O3/c1-2-9-19-17(23)22-10-3-4-14(22)16-20-15(25-21-16)11-24-13-7-5-12(18)6-8-13/h5-8,14H,2-4,9-11H2,1H3,(H,19,23). The van der Waals surface area contributed by atoms with Gasteiger partial charge in [-0.1, -0.05) is 12.1 Å². The summed E-state index contributed by atoms with van der Waals surface area (Å²) in [4.78, 5) is 18.3. The van der Waals surface area contributed by atoms with E-state index in [0.717, 1.165) is 19.3 Å². The molecular formula is C17H21FN4O3. The van der Waals surface area contributed by atoms with Gasteiger partial charge in [-0.3, -0.25) is 0 Å². The lowest BCUT2D eigenvalue weighted by Crippen LogP contribution is -2.40. The zero-order chi connectivity index (χ0) is 17.6. The molecule has 1 fully saturated rings. The number of halogens is 1. The van der Waals surface area contributed by atoms with Crippen molar-refractivity contribution in [3.8, 4) is 5.75 Å². The maximum atomic E-state index is 12.9. The number of urea groups is 1. The van der Waals surface area contributed by atoms with Crippen LogP contribution in [0.1, 0.15) is 43.9 Å². The van der Waals surface area contributed by atoms with Crippen LogP contribution in [0.25, 0.3) is 0 Å². The molecule has 2 heterocycles. The van der Waals surface area contributed by atoms with Crippen LogP contribution in [-0.4, -0.2) is 34.2 Å². The van der Waals surface area contributed by atoms with Crippen LogP contribution in [0.2, 0.25) is 0 Å². The van der Waals surface area contributed by atoms with Gasteiger partial charge < -0.3 is 19.5 Å². The van der Waals surface area contributed by atoms with E-state index in [2.05, 4.69) is 15.5 Å². The van der Waals surface area contributed by atoms with Crippen molar-refractivity contribution in [3.05, 3.63) is 41.8 Å². The van der Waals surface area contributed by atoms with Crippen molar-refractivity contribution in [2.45, 2.75) is 38.8 Å². The summed E-state index contributed by atoms with van der Waals surface area (Å²) in [6, 6.07) is 5.42. The molecule has 1 aliphatic heterocycles. The second-order valence-electron chi connectivity index (χ2n) is 5.87. The Kier molecular flexibility index (Phi) is 5.47. The second kappa shape index (κ2) is 7.96. The molecule has 0 radical (unpaired) electrons. The van der Waals surface area contributed by atoms with Crippen LogP contribution in [0.4, 0.5) is 9.18 Å².